The summed E-state index contributed by atoms with van der Waals surface area (Å²) in [5.41, 5.74) is 1.25. The summed E-state index contributed by atoms with van der Waals surface area (Å²) in [5.74, 6) is 0.893. The number of nitrogens with zero attached hydrogens (tertiary/aromatic N) is 3. The Morgan fingerprint density at radius 1 is 1.24 bits per heavy atom. The van der Waals surface area contributed by atoms with Gasteiger partial charge < -0.3 is 14.3 Å². The van der Waals surface area contributed by atoms with Gasteiger partial charge in [0, 0.05) is 17.8 Å². The van der Waals surface area contributed by atoms with Gasteiger partial charge in [0.2, 0.25) is 11.8 Å². The number of rotatable bonds is 5. The molecule has 1 saturated carbocycles. The van der Waals surface area contributed by atoms with E-state index in [1.54, 1.807) is 10.8 Å². The molecule has 0 bridgehead atoms. The Labute approximate surface area is 143 Å². The highest BCUT2D eigenvalue weighted by molar-refractivity contribution is 5.90. The van der Waals surface area contributed by atoms with Crippen molar-refractivity contribution in [2.45, 2.75) is 31.7 Å². The Kier molecular flexibility index (Phi) is 4.05. The molecule has 1 aliphatic rings. The second kappa shape index (κ2) is 6.51. The van der Waals surface area contributed by atoms with Crippen LogP contribution in [-0.2, 0) is 11.3 Å². The summed E-state index contributed by atoms with van der Waals surface area (Å²) in [7, 11) is 0. The van der Waals surface area contributed by atoms with Gasteiger partial charge in [-0.1, -0.05) is 6.42 Å². The quantitative estimate of drug-likeness (QED) is 0.770. The van der Waals surface area contributed by atoms with Gasteiger partial charge in [-0.2, -0.15) is 0 Å². The molecule has 0 saturated heterocycles. The smallest absolute Gasteiger partial charge is 0.264 e. The number of aromatic nitrogens is 3. The van der Waals surface area contributed by atoms with E-state index in [4.69, 9.17) is 4.42 Å². The monoisotopic (exact) mass is 340 g/mol. The molecule has 3 aromatic rings. The van der Waals surface area contributed by atoms with Crippen LogP contribution in [0.1, 0.15) is 31.1 Å². The topological polar surface area (TPSA) is 73.0 Å². The lowest BCUT2D eigenvalue weighted by Crippen LogP contribution is -2.18. The second-order valence-electron chi connectivity index (χ2n) is 6.15. The van der Waals surface area contributed by atoms with Crippen molar-refractivity contribution in [3.05, 3.63) is 54.3 Å². The SMILES string of the molecule is O=C(Cn1cccc1-c1nnc(C2CCC2)o1)Nc1ccc(F)cc1. The molecule has 0 unspecified atom stereocenters. The Hall–Kier alpha value is -2.96. The molecule has 2 heterocycles. The van der Waals surface area contributed by atoms with Crippen LogP contribution in [0.3, 0.4) is 0 Å². The van der Waals surface area contributed by atoms with Crippen molar-refractivity contribution < 1.29 is 13.6 Å². The van der Waals surface area contributed by atoms with E-state index >= 15 is 0 Å². The summed E-state index contributed by atoms with van der Waals surface area (Å²) in [6.07, 6.45) is 5.15. The van der Waals surface area contributed by atoms with Gasteiger partial charge in [-0.3, -0.25) is 4.79 Å². The average Bonchev–Trinajstić information content (AvgIpc) is 3.17. The fourth-order valence-electron chi connectivity index (χ4n) is 2.79. The number of carbonyl (C=O) groups is 1. The lowest BCUT2D eigenvalue weighted by molar-refractivity contribution is -0.116. The predicted octanol–water partition coefficient (Wildman–Crippen LogP) is 3.58. The first kappa shape index (κ1) is 15.6. The van der Waals surface area contributed by atoms with E-state index in [0.717, 1.165) is 12.8 Å². The van der Waals surface area contributed by atoms with Crippen molar-refractivity contribution in [3.8, 4) is 11.6 Å². The van der Waals surface area contributed by atoms with Crippen molar-refractivity contribution in [2.24, 2.45) is 0 Å². The van der Waals surface area contributed by atoms with Crippen molar-refractivity contribution in [1.29, 1.82) is 0 Å². The van der Waals surface area contributed by atoms with Gasteiger partial charge in [-0.05, 0) is 49.2 Å². The Morgan fingerprint density at radius 2 is 2.04 bits per heavy atom. The van der Waals surface area contributed by atoms with Crippen molar-refractivity contribution in [2.75, 3.05) is 5.32 Å². The zero-order valence-electron chi connectivity index (χ0n) is 13.5. The van der Waals surface area contributed by atoms with Crippen LogP contribution in [0.4, 0.5) is 10.1 Å². The van der Waals surface area contributed by atoms with E-state index in [1.165, 1.54) is 30.7 Å². The molecule has 0 atom stereocenters. The molecular formula is C18H17FN4O2. The van der Waals surface area contributed by atoms with E-state index in [2.05, 4.69) is 15.5 Å². The van der Waals surface area contributed by atoms with Gasteiger partial charge >= 0.3 is 0 Å². The summed E-state index contributed by atoms with van der Waals surface area (Å²) >= 11 is 0. The van der Waals surface area contributed by atoms with Crippen LogP contribution in [0.15, 0.2) is 47.0 Å². The number of amides is 1. The Bertz CT molecular complexity index is 881. The molecule has 0 aliphatic heterocycles. The lowest BCUT2D eigenvalue weighted by Gasteiger charge is -2.20. The molecular weight excluding hydrogens is 323 g/mol. The number of carbonyl (C=O) groups excluding carboxylic acids is 1. The fraction of sp³-hybridized carbons (Fsp3) is 0.278. The summed E-state index contributed by atoms with van der Waals surface area (Å²) in [6, 6.07) is 9.31. The zero-order chi connectivity index (χ0) is 17.2. The minimum Gasteiger partial charge on any atom is -0.419 e. The van der Waals surface area contributed by atoms with Crippen LogP contribution in [0.25, 0.3) is 11.6 Å². The first-order chi connectivity index (χ1) is 12.2. The molecule has 25 heavy (non-hydrogen) atoms. The molecule has 1 aromatic carbocycles. The van der Waals surface area contributed by atoms with E-state index in [-0.39, 0.29) is 18.3 Å². The number of hydrogen-bond donors (Lipinski definition) is 1. The Balaban J connectivity index is 1.46. The maximum Gasteiger partial charge on any atom is 0.264 e. The van der Waals surface area contributed by atoms with Gasteiger partial charge in [0.15, 0.2) is 0 Å². The van der Waals surface area contributed by atoms with Crippen LogP contribution in [0, 0.1) is 5.82 Å². The predicted molar refractivity (Wildman–Crippen MR) is 89.3 cm³/mol. The van der Waals surface area contributed by atoms with Crippen LogP contribution in [-0.4, -0.2) is 20.7 Å². The third-order valence-corrected chi connectivity index (χ3v) is 4.39. The fourth-order valence-corrected chi connectivity index (χ4v) is 2.79. The van der Waals surface area contributed by atoms with E-state index in [1.807, 2.05) is 12.1 Å². The molecule has 6 nitrogen and oxygen atoms in total. The van der Waals surface area contributed by atoms with Crippen molar-refractivity contribution >= 4 is 11.6 Å². The van der Waals surface area contributed by atoms with Crippen LogP contribution in [0.5, 0.6) is 0 Å². The summed E-state index contributed by atoms with van der Waals surface area (Å²) in [6.45, 7) is 0.0981. The number of nitrogens with one attached hydrogen (secondary N) is 1. The van der Waals surface area contributed by atoms with Crippen LogP contribution in [0.2, 0.25) is 0 Å². The molecule has 2 aromatic heterocycles. The molecule has 7 heteroatoms. The number of benzene rings is 1. The first-order valence-corrected chi connectivity index (χ1v) is 8.23. The largest absolute Gasteiger partial charge is 0.419 e. The highest BCUT2D eigenvalue weighted by Crippen LogP contribution is 2.36. The highest BCUT2D eigenvalue weighted by atomic mass is 19.1. The molecule has 1 amide bonds. The summed E-state index contributed by atoms with van der Waals surface area (Å²) < 4.78 is 20.4. The number of anilines is 1. The van der Waals surface area contributed by atoms with E-state index in [9.17, 15) is 9.18 Å². The number of halogens is 1. The molecule has 128 valence electrons. The van der Waals surface area contributed by atoms with Gasteiger partial charge in [0.1, 0.15) is 18.1 Å². The van der Waals surface area contributed by atoms with Crippen molar-refractivity contribution in [1.82, 2.24) is 14.8 Å². The maximum absolute atomic E-state index is 12.9. The molecule has 1 aliphatic carbocycles. The minimum absolute atomic E-state index is 0.0981. The standard InChI is InChI=1S/C18H17FN4O2/c19-13-6-8-14(9-7-13)20-16(24)11-23-10-2-5-15(23)18-22-21-17(25-18)12-3-1-4-12/h2,5-10,12H,1,3-4,11H2,(H,20,24). The van der Waals surface area contributed by atoms with E-state index < -0.39 is 0 Å². The van der Waals surface area contributed by atoms with Gasteiger partial charge in [-0.25, -0.2) is 4.39 Å². The maximum atomic E-state index is 12.9. The summed E-state index contributed by atoms with van der Waals surface area (Å²) in [5, 5.41) is 11.0. The van der Waals surface area contributed by atoms with Gasteiger partial charge in [-0.15, -0.1) is 10.2 Å². The minimum atomic E-state index is -0.343. The summed E-state index contributed by atoms with van der Waals surface area (Å²) in [4.78, 5) is 12.2. The normalized spacial score (nSPS) is 14.3. The van der Waals surface area contributed by atoms with Crippen LogP contribution >= 0.6 is 0 Å². The molecule has 1 N–H and O–H groups in total. The molecule has 0 radical (unpaired) electrons. The molecule has 0 spiro atoms. The third-order valence-electron chi connectivity index (χ3n) is 4.39. The van der Waals surface area contributed by atoms with E-state index in [0.29, 0.717) is 29.1 Å². The average molecular weight is 340 g/mol. The molecule has 1 fully saturated rings. The van der Waals surface area contributed by atoms with Gasteiger partial charge in [0.25, 0.3) is 5.89 Å². The Morgan fingerprint density at radius 3 is 2.76 bits per heavy atom. The lowest BCUT2D eigenvalue weighted by atomic mass is 9.85. The first-order valence-electron chi connectivity index (χ1n) is 8.23. The van der Waals surface area contributed by atoms with Crippen molar-refractivity contribution in [3.63, 3.8) is 0 Å². The number of hydrogen-bond acceptors (Lipinski definition) is 4. The zero-order valence-corrected chi connectivity index (χ0v) is 13.5. The van der Waals surface area contributed by atoms with Crippen LogP contribution < -0.4 is 5.32 Å². The van der Waals surface area contributed by atoms with Gasteiger partial charge in [0.05, 0.1) is 0 Å². The third kappa shape index (κ3) is 3.31. The second-order valence-corrected chi connectivity index (χ2v) is 6.15. The molecule has 4 rings (SSSR count). The highest BCUT2D eigenvalue weighted by Gasteiger charge is 2.26.